The van der Waals surface area contributed by atoms with E-state index in [1.54, 1.807) is 17.6 Å². The molecule has 7 nitrogen and oxygen atoms in total. The lowest BCUT2D eigenvalue weighted by atomic mass is 10.1. The van der Waals surface area contributed by atoms with Crippen LogP contribution in [-0.4, -0.2) is 39.8 Å². The highest BCUT2D eigenvalue weighted by Crippen LogP contribution is 2.32. The van der Waals surface area contributed by atoms with Crippen LogP contribution in [0, 0.1) is 17.5 Å². The maximum Gasteiger partial charge on any atom is 0.275 e. The van der Waals surface area contributed by atoms with Gasteiger partial charge < -0.3 is 16.0 Å². The fourth-order valence-electron chi connectivity index (χ4n) is 4.25. The lowest BCUT2D eigenvalue weighted by Gasteiger charge is -2.34. The third-order valence-electron chi connectivity index (χ3n) is 6.01. The van der Waals surface area contributed by atoms with E-state index < -0.39 is 23.4 Å². The van der Waals surface area contributed by atoms with Crippen molar-refractivity contribution in [2.75, 3.05) is 23.3 Å². The number of piperidine rings is 1. The molecule has 1 amide bonds. The summed E-state index contributed by atoms with van der Waals surface area (Å²) in [5.41, 5.74) is 7.41. The van der Waals surface area contributed by atoms with Crippen LogP contribution in [0.25, 0.3) is 10.6 Å². The fourth-order valence-corrected chi connectivity index (χ4v) is 5.03. The number of nitrogens with zero attached hydrogens (tertiary/aromatic N) is 4. The van der Waals surface area contributed by atoms with Gasteiger partial charge in [0.2, 0.25) is 0 Å². The van der Waals surface area contributed by atoms with Crippen LogP contribution in [-0.2, 0) is 6.54 Å². The number of para-hydroxylation sites is 1. The molecule has 5 rings (SSSR count). The number of nitrogens with one attached hydrogen (secondary N) is 1. The Labute approximate surface area is 209 Å². The van der Waals surface area contributed by atoms with Gasteiger partial charge in [0.1, 0.15) is 28.2 Å². The number of halogens is 3. The molecule has 0 radical (unpaired) electrons. The minimum absolute atomic E-state index is 0.0567. The standard InChI is InChI=1S/C25H23F3N6OS/c26-18-5-1-6-19(27)17(18)13-34-11-15(10-30-34)25-32-22(14-36-25)24(35)31-21-8-2-7-20(28)23(21)33-9-3-4-16(29)12-33/h1-2,5-8,10-11,14,16H,3-4,9,12-13,29H2,(H,31,35). The molecule has 0 aliphatic carbocycles. The lowest BCUT2D eigenvalue weighted by molar-refractivity contribution is 0.102. The van der Waals surface area contributed by atoms with Crippen LogP contribution in [0.5, 0.6) is 0 Å². The Balaban J connectivity index is 1.32. The zero-order chi connectivity index (χ0) is 25.2. The largest absolute Gasteiger partial charge is 0.366 e. The van der Waals surface area contributed by atoms with Crippen LogP contribution in [0.3, 0.4) is 0 Å². The van der Waals surface area contributed by atoms with Crippen LogP contribution in [0.15, 0.2) is 54.2 Å². The van der Waals surface area contributed by atoms with Crippen LogP contribution in [0.2, 0.25) is 0 Å². The molecule has 11 heteroatoms. The third kappa shape index (κ3) is 4.98. The van der Waals surface area contributed by atoms with E-state index in [4.69, 9.17) is 5.73 Å². The number of nitrogens with two attached hydrogens (primary N) is 1. The maximum absolute atomic E-state index is 14.7. The molecular formula is C25H23F3N6OS. The average Bonchev–Trinajstić information content (AvgIpc) is 3.52. The summed E-state index contributed by atoms with van der Waals surface area (Å²) in [5, 5.41) is 9.04. The lowest BCUT2D eigenvalue weighted by Crippen LogP contribution is -2.43. The van der Waals surface area contributed by atoms with Gasteiger partial charge in [-0.3, -0.25) is 9.48 Å². The summed E-state index contributed by atoms with van der Waals surface area (Å²) >= 11 is 1.23. The predicted octanol–water partition coefficient (Wildman–Crippen LogP) is 4.65. The Hall–Kier alpha value is -3.70. The third-order valence-corrected chi connectivity index (χ3v) is 6.90. The van der Waals surface area contributed by atoms with E-state index in [2.05, 4.69) is 15.4 Å². The van der Waals surface area contributed by atoms with Crippen molar-refractivity contribution < 1.29 is 18.0 Å². The molecule has 1 aliphatic heterocycles. The monoisotopic (exact) mass is 512 g/mol. The Morgan fingerprint density at radius 3 is 2.67 bits per heavy atom. The highest BCUT2D eigenvalue weighted by molar-refractivity contribution is 7.13. The number of anilines is 2. The van der Waals surface area contributed by atoms with Crippen molar-refractivity contribution in [1.82, 2.24) is 14.8 Å². The zero-order valence-electron chi connectivity index (χ0n) is 19.1. The van der Waals surface area contributed by atoms with Crippen LogP contribution < -0.4 is 16.0 Å². The number of benzene rings is 2. The topological polar surface area (TPSA) is 89.1 Å². The van der Waals surface area contributed by atoms with E-state index in [1.807, 2.05) is 4.90 Å². The second kappa shape index (κ2) is 10.1. The van der Waals surface area contributed by atoms with Crippen molar-refractivity contribution in [3.63, 3.8) is 0 Å². The maximum atomic E-state index is 14.7. The van der Waals surface area contributed by atoms with Gasteiger partial charge in [-0.05, 0) is 37.1 Å². The van der Waals surface area contributed by atoms with Crippen molar-refractivity contribution >= 4 is 28.6 Å². The van der Waals surface area contributed by atoms with Gasteiger partial charge in [0.15, 0.2) is 0 Å². The number of hydrogen-bond donors (Lipinski definition) is 2. The summed E-state index contributed by atoms with van der Waals surface area (Å²) in [6.45, 7) is 1.07. The van der Waals surface area contributed by atoms with Crippen LogP contribution >= 0.6 is 11.3 Å². The first-order chi connectivity index (χ1) is 17.4. The highest BCUT2D eigenvalue weighted by Gasteiger charge is 2.24. The van der Waals surface area contributed by atoms with E-state index in [0.717, 1.165) is 12.8 Å². The highest BCUT2D eigenvalue weighted by atomic mass is 32.1. The average molecular weight is 513 g/mol. The van der Waals surface area contributed by atoms with Crippen LogP contribution in [0.1, 0.15) is 28.9 Å². The Bertz CT molecular complexity index is 1380. The smallest absolute Gasteiger partial charge is 0.275 e. The first-order valence-electron chi connectivity index (χ1n) is 11.4. The molecule has 186 valence electrons. The Kier molecular flexibility index (Phi) is 6.75. The number of carbonyl (C=O) groups excluding carboxylic acids is 1. The van der Waals surface area contributed by atoms with E-state index in [1.165, 1.54) is 52.5 Å². The molecule has 0 saturated carbocycles. The molecule has 1 fully saturated rings. The van der Waals surface area contributed by atoms with Crippen molar-refractivity contribution in [3.05, 3.63) is 82.9 Å². The zero-order valence-corrected chi connectivity index (χ0v) is 19.9. The first kappa shape index (κ1) is 24.0. The minimum atomic E-state index is -0.650. The molecule has 1 saturated heterocycles. The van der Waals surface area contributed by atoms with Crippen molar-refractivity contribution in [3.8, 4) is 10.6 Å². The van der Waals surface area contributed by atoms with Gasteiger partial charge in [-0.25, -0.2) is 18.2 Å². The molecule has 4 aromatic rings. The minimum Gasteiger partial charge on any atom is -0.366 e. The molecule has 0 bridgehead atoms. The molecule has 1 aliphatic rings. The number of amides is 1. The Morgan fingerprint density at radius 1 is 1.14 bits per heavy atom. The van der Waals surface area contributed by atoms with Gasteiger partial charge in [0, 0.05) is 41.8 Å². The second-order valence-corrected chi connectivity index (χ2v) is 9.46. The fraction of sp³-hybridized carbons (Fsp3) is 0.240. The van der Waals surface area contributed by atoms with Crippen LogP contribution in [0.4, 0.5) is 24.5 Å². The molecule has 1 unspecified atom stereocenters. The van der Waals surface area contributed by atoms with Crippen molar-refractivity contribution in [2.24, 2.45) is 5.73 Å². The summed E-state index contributed by atoms with van der Waals surface area (Å²) in [5.74, 6) is -2.21. The van der Waals surface area contributed by atoms with Gasteiger partial charge >= 0.3 is 0 Å². The molecular weight excluding hydrogens is 489 g/mol. The van der Waals surface area contributed by atoms with E-state index >= 15 is 0 Å². The summed E-state index contributed by atoms with van der Waals surface area (Å²) in [7, 11) is 0. The molecule has 3 heterocycles. The molecule has 2 aromatic carbocycles. The number of hydrogen-bond acceptors (Lipinski definition) is 6. The van der Waals surface area contributed by atoms with Gasteiger partial charge in [0.25, 0.3) is 5.91 Å². The van der Waals surface area contributed by atoms with Gasteiger partial charge in [-0.1, -0.05) is 12.1 Å². The van der Waals surface area contributed by atoms with Crippen molar-refractivity contribution in [1.29, 1.82) is 0 Å². The summed E-state index contributed by atoms with van der Waals surface area (Å²) in [4.78, 5) is 19.2. The van der Waals surface area contributed by atoms with E-state index in [0.29, 0.717) is 35.0 Å². The quantitative estimate of drug-likeness (QED) is 0.393. The van der Waals surface area contributed by atoms with Crippen molar-refractivity contribution in [2.45, 2.75) is 25.4 Å². The van der Waals surface area contributed by atoms with Gasteiger partial charge in [-0.2, -0.15) is 5.10 Å². The molecule has 36 heavy (non-hydrogen) atoms. The number of carbonyl (C=O) groups is 1. The number of rotatable bonds is 6. The normalized spacial score (nSPS) is 15.8. The van der Waals surface area contributed by atoms with Gasteiger partial charge in [0.05, 0.1) is 24.1 Å². The second-order valence-electron chi connectivity index (χ2n) is 8.60. The number of thiazole rings is 1. The SMILES string of the molecule is NC1CCCN(c2c(F)cccc2NC(=O)c2csc(-c3cnn(Cc4c(F)cccc4F)c3)n2)C1. The van der Waals surface area contributed by atoms with E-state index in [-0.39, 0.29) is 23.8 Å². The predicted molar refractivity (Wildman–Crippen MR) is 133 cm³/mol. The molecule has 0 spiro atoms. The Morgan fingerprint density at radius 2 is 1.89 bits per heavy atom. The summed E-state index contributed by atoms with van der Waals surface area (Å²) in [6, 6.07) is 8.18. The van der Waals surface area contributed by atoms with Gasteiger partial charge in [-0.15, -0.1) is 11.3 Å². The summed E-state index contributed by atoms with van der Waals surface area (Å²) in [6.07, 6.45) is 4.84. The van der Waals surface area contributed by atoms with E-state index in [9.17, 15) is 18.0 Å². The number of aromatic nitrogens is 3. The molecule has 1 atom stereocenters. The molecule has 3 N–H and O–H groups in total. The summed E-state index contributed by atoms with van der Waals surface area (Å²) < 4.78 is 44.1. The molecule has 2 aromatic heterocycles. The first-order valence-corrected chi connectivity index (χ1v) is 12.3.